The minimum absolute atomic E-state index is 0.0700. The molecule has 31 heavy (non-hydrogen) atoms. The van der Waals surface area contributed by atoms with E-state index in [2.05, 4.69) is 34.5 Å². The van der Waals surface area contributed by atoms with Crippen molar-refractivity contribution in [1.29, 1.82) is 0 Å². The van der Waals surface area contributed by atoms with Crippen molar-refractivity contribution < 1.29 is 19.1 Å². The summed E-state index contributed by atoms with van der Waals surface area (Å²) in [6, 6.07) is 13.3. The van der Waals surface area contributed by atoms with Gasteiger partial charge < -0.3 is 14.8 Å². The summed E-state index contributed by atoms with van der Waals surface area (Å²) in [4.78, 5) is 26.4. The van der Waals surface area contributed by atoms with Crippen LogP contribution in [-0.4, -0.2) is 25.0 Å². The van der Waals surface area contributed by atoms with Gasteiger partial charge in [-0.1, -0.05) is 43.0 Å². The Balaban J connectivity index is 1.87. The van der Waals surface area contributed by atoms with E-state index in [0.29, 0.717) is 29.0 Å². The highest BCUT2D eigenvalue weighted by Crippen LogP contribution is 2.47. The van der Waals surface area contributed by atoms with Crippen LogP contribution in [0.25, 0.3) is 5.70 Å². The highest BCUT2D eigenvalue weighted by Gasteiger charge is 2.42. The molecule has 2 aliphatic rings. The van der Waals surface area contributed by atoms with Crippen LogP contribution >= 0.6 is 22.6 Å². The number of benzene rings is 2. The molecule has 6 heteroatoms. The molecule has 0 amide bonds. The molecule has 1 aliphatic carbocycles. The molecule has 2 aromatic carbocycles. The minimum Gasteiger partial charge on any atom is -0.488 e. The van der Waals surface area contributed by atoms with Crippen molar-refractivity contribution in [1.82, 2.24) is 5.32 Å². The van der Waals surface area contributed by atoms with Gasteiger partial charge in [0.1, 0.15) is 12.4 Å². The third-order valence-electron chi connectivity index (χ3n) is 5.39. The zero-order chi connectivity index (χ0) is 22.1. The molecule has 5 nitrogen and oxygen atoms in total. The molecular weight excluding hydrogens is 505 g/mol. The normalized spacial score (nSPS) is 17.1. The SMILES string of the molecule is C=CCOc1ccc([C@@H]2C(C(=O)OCC)=C(C)NC3=C2C(=O)c2ccccc23)cc1I. The average molecular weight is 527 g/mol. The van der Waals surface area contributed by atoms with Crippen LogP contribution in [0.15, 0.2) is 72.0 Å². The molecular formula is C25H22INO4. The molecule has 1 N–H and O–H groups in total. The van der Waals surface area contributed by atoms with Crippen molar-refractivity contribution in [2.75, 3.05) is 13.2 Å². The maximum atomic E-state index is 13.4. The number of hydrogen-bond donors (Lipinski definition) is 1. The van der Waals surface area contributed by atoms with E-state index in [1.54, 1.807) is 13.0 Å². The van der Waals surface area contributed by atoms with E-state index in [-0.39, 0.29) is 12.4 Å². The summed E-state index contributed by atoms with van der Waals surface area (Å²) in [6.07, 6.45) is 1.69. The number of dihydropyridines is 1. The van der Waals surface area contributed by atoms with Crippen LogP contribution < -0.4 is 10.1 Å². The van der Waals surface area contributed by atoms with Crippen LogP contribution in [0.1, 0.15) is 41.3 Å². The minimum atomic E-state index is -0.530. The van der Waals surface area contributed by atoms with Crippen molar-refractivity contribution in [3.05, 3.63) is 92.2 Å². The fraction of sp³-hybridized carbons (Fsp3) is 0.200. The number of esters is 1. The fourth-order valence-corrected chi connectivity index (χ4v) is 4.80. The zero-order valence-electron chi connectivity index (χ0n) is 17.3. The molecule has 0 unspecified atom stereocenters. The molecule has 0 saturated carbocycles. The lowest BCUT2D eigenvalue weighted by molar-refractivity contribution is -0.138. The first-order valence-corrected chi connectivity index (χ1v) is 11.1. The van der Waals surface area contributed by atoms with Crippen LogP contribution in [0, 0.1) is 3.57 Å². The van der Waals surface area contributed by atoms with E-state index in [1.165, 1.54) is 0 Å². The number of allylic oxidation sites excluding steroid dienone is 2. The van der Waals surface area contributed by atoms with Gasteiger partial charge in [0.25, 0.3) is 0 Å². The van der Waals surface area contributed by atoms with Crippen molar-refractivity contribution in [2.45, 2.75) is 19.8 Å². The van der Waals surface area contributed by atoms with Gasteiger partial charge in [0.15, 0.2) is 5.78 Å². The number of rotatable bonds is 6. The number of fused-ring (bicyclic) bond motifs is 2. The predicted molar refractivity (Wildman–Crippen MR) is 128 cm³/mol. The smallest absolute Gasteiger partial charge is 0.336 e. The van der Waals surface area contributed by atoms with Crippen molar-refractivity contribution >= 4 is 40.0 Å². The quantitative estimate of drug-likeness (QED) is 0.326. The third-order valence-corrected chi connectivity index (χ3v) is 6.23. The molecule has 4 rings (SSSR count). The third kappa shape index (κ3) is 3.69. The Kier molecular flexibility index (Phi) is 6.00. The van der Waals surface area contributed by atoms with Gasteiger partial charge in [0.05, 0.1) is 21.4 Å². The standard InChI is InChI=1S/C25H22INO4/c1-4-12-31-19-11-10-15(13-18(19)26)21-20(25(29)30-5-2)14(3)27-23-16-8-6-7-9-17(16)24(28)22(21)23/h4,6-11,13,21,27H,1,5,12H2,2-3H3/t21-/m1/s1. The summed E-state index contributed by atoms with van der Waals surface area (Å²) < 4.78 is 12.0. The number of ketones is 1. The number of carbonyl (C=O) groups is 2. The Morgan fingerprint density at radius 3 is 2.65 bits per heavy atom. The van der Waals surface area contributed by atoms with E-state index in [4.69, 9.17) is 9.47 Å². The van der Waals surface area contributed by atoms with Crippen LogP contribution in [0.4, 0.5) is 0 Å². The molecule has 2 aromatic rings. The lowest BCUT2D eigenvalue weighted by Crippen LogP contribution is -2.29. The summed E-state index contributed by atoms with van der Waals surface area (Å²) in [5.41, 5.74) is 4.82. The highest BCUT2D eigenvalue weighted by atomic mass is 127. The van der Waals surface area contributed by atoms with Gasteiger partial charge >= 0.3 is 5.97 Å². The Bertz CT molecular complexity index is 1160. The van der Waals surface area contributed by atoms with Gasteiger partial charge in [0.2, 0.25) is 0 Å². The molecule has 1 aliphatic heterocycles. The zero-order valence-corrected chi connectivity index (χ0v) is 19.5. The van der Waals surface area contributed by atoms with Crippen molar-refractivity contribution in [2.24, 2.45) is 0 Å². The first-order valence-electron chi connectivity index (χ1n) is 10.0. The van der Waals surface area contributed by atoms with Crippen LogP contribution in [0.5, 0.6) is 5.75 Å². The molecule has 0 fully saturated rings. The number of halogens is 1. The summed E-state index contributed by atoms with van der Waals surface area (Å²) >= 11 is 2.21. The number of carbonyl (C=O) groups excluding carboxylic acids is 2. The molecule has 0 spiro atoms. The Labute approximate surface area is 195 Å². The van der Waals surface area contributed by atoms with Gasteiger partial charge in [-0.25, -0.2) is 4.79 Å². The lowest BCUT2D eigenvalue weighted by atomic mass is 9.80. The Hall–Kier alpha value is -2.87. The number of ether oxygens (including phenoxy) is 2. The first kappa shape index (κ1) is 21.4. The highest BCUT2D eigenvalue weighted by molar-refractivity contribution is 14.1. The summed E-state index contributed by atoms with van der Waals surface area (Å²) in [5.74, 6) is -0.293. The van der Waals surface area contributed by atoms with Gasteiger partial charge in [-0.15, -0.1) is 0 Å². The lowest BCUT2D eigenvalue weighted by Gasteiger charge is -2.29. The maximum Gasteiger partial charge on any atom is 0.336 e. The summed E-state index contributed by atoms with van der Waals surface area (Å²) in [6.45, 7) is 7.96. The van der Waals surface area contributed by atoms with Gasteiger partial charge in [-0.3, -0.25) is 4.79 Å². The predicted octanol–water partition coefficient (Wildman–Crippen LogP) is 4.99. The second-order valence-corrected chi connectivity index (χ2v) is 8.43. The number of hydrogen-bond acceptors (Lipinski definition) is 5. The summed E-state index contributed by atoms with van der Waals surface area (Å²) in [5, 5.41) is 3.31. The molecule has 1 heterocycles. The summed E-state index contributed by atoms with van der Waals surface area (Å²) in [7, 11) is 0. The maximum absolute atomic E-state index is 13.4. The van der Waals surface area contributed by atoms with E-state index in [1.807, 2.05) is 49.4 Å². The second-order valence-electron chi connectivity index (χ2n) is 7.27. The van der Waals surface area contributed by atoms with Crippen molar-refractivity contribution in [3.63, 3.8) is 0 Å². The van der Waals surface area contributed by atoms with Gasteiger partial charge in [-0.05, 0) is 54.1 Å². The molecule has 0 saturated heterocycles. The van der Waals surface area contributed by atoms with Gasteiger partial charge in [0, 0.05) is 28.3 Å². The van der Waals surface area contributed by atoms with Crippen LogP contribution in [-0.2, 0) is 9.53 Å². The number of Topliss-reactive ketones (excluding diaryl/α,β-unsaturated/α-hetero) is 1. The molecule has 158 valence electrons. The largest absolute Gasteiger partial charge is 0.488 e. The van der Waals surface area contributed by atoms with Crippen molar-refractivity contribution in [3.8, 4) is 5.75 Å². The van der Waals surface area contributed by atoms with E-state index in [9.17, 15) is 9.59 Å². The molecule has 0 aromatic heterocycles. The number of nitrogens with one attached hydrogen (secondary N) is 1. The van der Waals surface area contributed by atoms with E-state index >= 15 is 0 Å². The second kappa shape index (κ2) is 8.70. The van der Waals surface area contributed by atoms with Crippen LogP contribution in [0.3, 0.4) is 0 Å². The Morgan fingerprint density at radius 1 is 1.23 bits per heavy atom. The van der Waals surface area contributed by atoms with E-state index < -0.39 is 11.9 Å². The fourth-order valence-electron chi connectivity index (χ4n) is 4.10. The first-order chi connectivity index (χ1) is 15.0. The molecule has 0 radical (unpaired) electrons. The average Bonchev–Trinajstić information content (AvgIpc) is 3.04. The monoisotopic (exact) mass is 527 g/mol. The Morgan fingerprint density at radius 2 is 1.97 bits per heavy atom. The van der Waals surface area contributed by atoms with Crippen LogP contribution in [0.2, 0.25) is 0 Å². The van der Waals surface area contributed by atoms with Gasteiger partial charge in [-0.2, -0.15) is 0 Å². The molecule has 1 atom stereocenters. The van der Waals surface area contributed by atoms with E-state index in [0.717, 1.165) is 26.1 Å². The topological polar surface area (TPSA) is 64.6 Å². The molecule has 0 bridgehead atoms.